The fraction of sp³-hybridized carbons (Fsp3) is 0.400. The van der Waals surface area contributed by atoms with Crippen molar-refractivity contribution < 1.29 is 27.9 Å². The van der Waals surface area contributed by atoms with Crippen LogP contribution in [0.2, 0.25) is 0 Å². The molecule has 0 heterocycles. The molecule has 0 saturated carbocycles. The highest BCUT2D eigenvalue weighted by atomic mass is 32.2. The molecule has 1 atom stereocenters. The van der Waals surface area contributed by atoms with E-state index in [4.69, 9.17) is 14.7 Å². The van der Waals surface area contributed by atoms with Crippen LogP contribution in [0, 0.1) is 13.8 Å². The first-order valence-corrected chi connectivity index (χ1v) is 9.01. The molecule has 0 aliphatic heterocycles. The van der Waals surface area contributed by atoms with Crippen LogP contribution in [-0.4, -0.2) is 55.8 Å². The summed E-state index contributed by atoms with van der Waals surface area (Å²) < 4.78 is 28.9. The summed E-state index contributed by atoms with van der Waals surface area (Å²) in [6, 6.07) is 5.69. The number of carbonyl (C=O) groups is 1. The highest BCUT2D eigenvalue weighted by Crippen LogP contribution is 2.13. The number of likely N-dealkylation sites (N-methyl/N-ethyl adjacent to an activating group) is 1. The number of aryl methyl sites for hydroxylation is 2. The number of benzene rings is 1. The number of sulfonamides is 1. The molecule has 3 N–H and O–H groups in total. The molecule has 138 valence electrons. The lowest BCUT2D eigenvalue weighted by Crippen LogP contribution is -2.46. The molecule has 1 aromatic carbocycles. The molecular formula is C15H23BN2O6S. The summed E-state index contributed by atoms with van der Waals surface area (Å²) >= 11 is 0. The third kappa shape index (κ3) is 6.96. The number of rotatable bonds is 9. The number of nitrogens with zero attached hydrogens (tertiary/aromatic N) is 1. The van der Waals surface area contributed by atoms with Gasteiger partial charge in [0.1, 0.15) is 6.23 Å². The van der Waals surface area contributed by atoms with Gasteiger partial charge in [-0.15, -0.1) is 0 Å². The lowest BCUT2D eigenvalue weighted by molar-refractivity contribution is -0.124. The molecule has 0 saturated heterocycles. The van der Waals surface area contributed by atoms with Gasteiger partial charge in [-0.05, 0) is 25.0 Å². The molecule has 0 aliphatic carbocycles. The van der Waals surface area contributed by atoms with E-state index in [9.17, 15) is 13.2 Å². The van der Waals surface area contributed by atoms with Gasteiger partial charge in [0.2, 0.25) is 15.9 Å². The molecule has 8 nitrogen and oxygen atoms in total. The lowest BCUT2D eigenvalue weighted by Gasteiger charge is -2.22. The fourth-order valence-corrected chi connectivity index (χ4v) is 2.75. The summed E-state index contributed by atoms with van der Waals surface area (Å²) in [5.74, 6) is -0.650. The molecule has 0 fully saturated rings. The van der Waals surface area contributed by atoms with Crippen molar-refractivity contribution in [1.82, 2.24) is 9.62 Å². The van der Waals surface area contributed by atoms with Crippen LogP contribution in [0.1, 0.15) is 16.7 Å². The van der Waals surface area contributed by atoms with Gasteiger partial charge in [-0.2, -0.15) is 4.31 Å². The van der Waals surface area contributed by atoms with Gasteiger partial charge < -0.3 is 20.0 Å². The topological polar surface area (TPSA) is 116 Å². The Kier molecular flexibility index (Phi) is 7.77. The van der Waals surface area contributed by atoms with Gasteiger partial charge >= 0.3 is 7.32 Å². The van der Waals surface area contributed by atoms with Crippen LogP contribution in [0.3, 0.4) is 0 Å². The largest absolute Gasteiger partial charge is 0.635 e. The minimum Gasteiger partial charge on any atom is -0.402 e. The van der Waals surface area contributed by atoms with Crippen LogP contribution < -0.4 is 5.32 Å². The third-order valence-corrected chi connectivity index (χ3v) is 4.94. The van der Waals surface area contributed by atoms with Crippen LogP contribution in [0.5, 0.6) is 0 Å². The van der Waals surface area contributed by atoms with Crippen LogP contribution >= 0.6 is 0 Å². The maximum absolute atomic E-state index is 12.0. The van der Waals surface area contributed by atoms with Crippen LogP contribution in [0.4, 0.5) is 0 Å². The first kappa shape index (κ1) is 21.3. The molecule has 0 spiro atoms. The summed E-state index contributed by atoms with van der Waals surface area (Å²) in [5, 5.41) is 21.3. The quantitative estimate of drug-likeness (QED) is 0.405. The highest BCUT2D eigenvalue weighted by molar-refractivity contribution is 7.92. The number of amides is 1. The van der Waals surface area contributed by atoms with Crippen LogP contribution in [0.15, 0.2) is 30.2 Å². The van der Waals surface area contributed by atoms with E-state index < -0.39 is 36.0 Å². The van der Waals surface area contributed by atoms with E-state index in [1.54, 1.807) is 0 Å². The minimum absolute atomic E-state index is 0.188. The average Bonchev–Trinajstić information content (AvgIpc) is 2.49. The Morgan fingerprint density at radius 2 is 2.08 bits per heavy atom. The molecule has 0 aliphatic rings. The van der Waals surface area contributed by atoms with E-state index in [1.807, 2.05) is 32.0 Å². The molecule has 0 aromatic heterocycles. The summed E-state index contributed by atoms with van der Waals surface area (Å²) in [6.07, 6.45) is -0.846. The van der Waals surface area contributed by atoms with Gasteiger partial charge in [0, 0.05) is 18.9 Å². The Labute approximate surface area is 148 Å². The van der Waals surface area contributed by atoms with Crippen molar-refractivity contribution in [3.05, 3.63) is 46.9 Å². The maximum atomic E-state index is 12.0. The standard InChI is InChI=1S/C15H23BN2O6S/c1-5-25(22,23)18(4)10-14(19)17-15(24-16(20)21)9-13-7-6-11(2)8-12(13)3/h5-8,15,20-21H,1,9-10H2,2-4H3,(H,17,19)/t15-/m1/s1. The third-order valence-electron chi connectivity index (χ3n) is 3.52. The van der Waals surface area contributed by atoms with Gasteiger partial charge in [-0.25, -0.2) is 8.42 Å². The van der Waals surface area contributed by atoms with Crippen LogP contribution in [-0.2, 0) is 25.9 Å². The van der Waals surface area contributed by atoms with Gasteiger partial charge in [0.25, 0.3) is 0 Å². The van der Waals surface area contributed by atoms with E-state index in [1.165, 1.54) is 7.05 Å². The highest BCUT2D eigenvalue weighted by Gasteiger charge is 2.23. The first-order chi connectivity index (χ1) is 11.5. The molecular weight excluding hydrogens is 347 g/mol. The number of hydrogen-bond donors (Lipinski definition) is 3. The van der Waals surface area contributed by atoms with E-state index >= 15 is 0 Å². The van der Waals surface area contributed by atoms with Crippen molar-refractivity contribution in [2.45, 2.75) is 26.5 Å². The summed E-state index contributed by atoms with van der Waals surface area (Å²) in [6.45, 7) is 6.56. The minimum atomic E-state index is -3.73. The van der Waals surface area contributed by atoms with E-state index in [-0.39, 0.29) is 6.42 Å². The maximum Gasteiger partial charge on any atom is 0.635 e. The Bertz CT molecular complexity index is 723. The Balaban J connectivity index is 2.82. The Morgan fingerprint density at radius 3 is 2.60 bits per heavy atom. The molecule has 10 heteroatoms. The zero-order valence-corrected chi connectivity index (χ0v) is 15.3. The number of hydrogen-bond acceptors (Lipinski definition) is 6. The van der Waals surface area contributed by atoms with Crippen molar-refractivity contribution in [2.24, 2.45) is 0 Å². The molecule has 0 unspecified atom stereocenters. The first-order valence-electron chi connectivity index (χ1n) is 7.51. The van der Waals surface area contributed by atoms with Crippen molar-refractivity contribution in [1.29, 1.82) is 0 Å². The Morgan fingerprint density at radius 1 is 1.44 bits per heavy atom. The van der Waals surface area contributed by atoms with Crippen molar-refractivity contribution in [3.8, 4) is 0 Å². The lowest BCUT2D eigenvalue weighted by atomic mass is 10.0. The molecule has 0 bridgehead atoms. The second-order valence-electron chi connectivity index (χ2n) is 5.62. The Hall–Kier alpha value is -1.72. The number of carbonyl (C=O) groups excluding carboxylic acids is 1. The fourth-order valence-electron chi connectivity index (χ4n) is 2.20. The average molecular weight is 370 g/mol. The van der Waals surface area contributed by atoms with Gasteiger partial charge in [0.05, 0.1) is 6.54 Å². The summed E-state index contributed by atoms with van der Waals surface area (Å²) in [4.78, 5) is 12.0. The molecule has 1 aromatic rings. The smallest absolute Gasteiger partial charge is 0.402 e. The second kappa shape index (κ2) is 9.11. The monoisotopic (exact) mass is 370 g/mol. The number of nitrogens with one attached hydrogen (secondary N) is 1. The van der Waals surface area contributed by atoms with Gasteiger partial charge in [-0.1, -0.05) is 30.3 Å². The van der Waals surface area contributed by atoms with Gasteiger partial charge in [-0.3, -0.25) is 4.79 Å². The zero-order chi connectivity index (χ0) is 19.2. The van der Waals surface area contributed by atoms with E-state index in [2.05, 4.69) is 11.9 Å². The molecule has 0 radical (unpaired) electrons. The predicted molar refractivity (Wildman–Crippen MR) is 94.6 cm³/mol. The molecule has 25 heavy (non-hydrogen) atoms. The zero-order valence-electron chi connectivity index (χ0n) is 14.5. The van der Waals surface area contributed by atoms with Gasteiger partial charge in [0.15, 0.2) is 0 Å². The van der Waals surface area contributed by atoms with Crippen molar-refractivity contribution in [3.63, 3.8) is 0 Å². The predicted octanol–water partition coefficient (Wildman–Crippen LogP) is -0.321. The normalized spacial score (nSPS) is 12.7. The SMILES string of the molecule is C=CS(=O)(=O)N(C)CC(=O)N[C@@H](Cc1ccc(C)cc1C)OB(O)O. The summed E-state index contributed by atoms with van der Waals surface area (Å²) in [7, 11) is -4.57. The summed E-state index contributed by atoms with van der Waals surface area (Å²) in [5.41, 5.74) is 2.88. The van der Waals surface area contributed by atoms with Crippen molar-refractivity contribution in [2.75, 3.05) is 13.6 Å². The van der Waals surface area contributed by atoms with Crippen LogP contribution in [0.25, 0.3) is 0 Å². The second-order valence-corrected chi connectivity index (χ2v) is 7.61. The van der Waals surface area contributed by atoms with E-state index in [0.29, 0.717) is 0 Å². The van der Waals surface area contributed by atoms with E-state index in [0.717, 1.165) is 26.4 Å². The molecule has 1 rings (SSSR count). The van der Waals surface area contributed by atoms with Crippen molar-refractivity contribution >= 4 is 23.3 Å². The molecule has 1 amide bonds.